The second-order valence-corrected chi connectivity index (χ2v) is 23.4. The number of hydrogen-bond acceptors (Lipinski definition) is 6. The lowest BCUT2D eigenvalue weighted by molar-refractivity contribution is -0.167. The Morgan fingerprint density at radius 1 is 0.253 bits per heavy atom. The molecular weight excluding hydrogens is 973 g/mol. The number of rotatable bonds is 64. The zero-order chi connectivity index (χ0) is 57.1. The molecule has 0 radical (unpaired) electrons. The normalized spacial score (nSPS) is 12.4. The SMILES string of the molecule is CCCCC/C=C\C/C=C\CCCCCCCCCC(=O)OC(COC(=O)CCCCCCC/C=C\C/C=C\CCCCC)COC(=O)CCCCCCCCCCCCCCCCCCC/C=C\CCCCCCCCCC. The summed E-state index contributed by atoms with van der Waals surface area (Å²) in [4.78, 5) is 38.4. The first kappa shape index (κ1) is 76.1. The van der Waals surface area contributed by atoms with Gasteiger partial charge in [0, 0.05) is 19.3 Å². The Bertz CT molecular complexity index is 1410. The molecule has 0 aromatic heterocycles. The highest BCUT2D eigenvalue weighted by Gasteiger charge is 2.19. The van der Waals surface area contributed by atoms with Crippen molar-refractivity contribution < 1.29 is 28.6 Å². The van der Waals surface area contributed by atoms with Crippen LogP contribution >= 0.6 is 0 Å². The van der Waals surface area contributed by atoms with Crippen LogP contribution < -0.4 is 0 Å². The van der Waals surface area contributed by atoms with Crippen molar-refractivity contribution in [3.8, 4) is 0 Å². The summed E-state index contributed by atoms with van der Waals surface area (Å²) in [7, 11) is 0. The molecule has 1 atom stereocenters. The van der Waals surface area contributed by atoms with Gasteiger partial charge in [-0.3, -0.25) is 14.4 Å². The van der Waals surface area contributed by atoms with Gasteiger partial charge in [0.15, 0.2) is 6.10 Å². The third-order valence-electron chi connectivity index (χ3n) is 15.5. The Morgan fingerprint density at radius 3 is 0.734 bits per heavy atom. The van der Waals surface area contributed by atoms with Gasteiger partial charge in [-0.1, -0.05) is 300 Å². The molecular formula is C73H132O6. The molecule has 0 spiro atoms. The van der Waals surface area contributed by atoms with Crippen LogP contribution in [0.1, 0.15) is 367 Å². The zero-order valence-electron chi connectivity index (χ0n) is 52.9. The first-order chi connectivity index (χ1) is 39.0. The number of ether oxygens (including phenoxy) is 3. The van der Waals surface area contributed by atoms with Gasteiger partial charge in [0.25, 0.3) is 0 Å². The monoisotopic (exact) mass is 1110 g/mol. The number of hydrogen-bond donors (Lipinski definition) is 0. The van der Waals surface area contributed by atoms with Crippen LogP contribution in [0.4, 0.5) is 0 Å². The molecule has 0 aromatic carbocycles. The minimum Gasteiger partial charge on any atom is -0.462 e. The van der Waals surface area contributed by atoms with Crippen LogP contribution in [0.15, 0.2) is 60.8 Å². The molecule has 0 heterocycles. The molecule has 0 amide bonds. The molecule has 0 aliphatic carbocycles. The lowest BCUT2D eigenvalue weighted by atomic mass is 10.0. The van der Waals surface area contributed by atoms with Crippen LogP contribution in [0, 0.1) is 0 Å². The van der Waals surface area contributed by atoms with Gasteiger partial charge in [-0.15, -0.1) is 0 Å². The summed E-state index contributed by atoms with van der Waals surface area (Å²) in [5, 5.41) is 0. The Morgan fingerprint density at radius 2 is 0.456 bits per heavy atom. The van der Waals surface area contributed by atoms with Crippen molar-refractivity contribution in [3.05, 3.63) is 60.8 Å². The van der Waals surface area contributed by atoms with E-state index in [1.807, 2.05) is 0 Å². The largest absolute Gasteiger partial charge is 0.462 e. The van der Waals surface area contributed by atoms with Crippen molar-refractivity contribution in [2.75, 3.05) is 13.2 Å². The van der Waals surface area contributed by atoms with Crippen molar-refractivity contribution in [2.45, 2.75) is 374 Å². The Balaban J connectivity index is 4.23. The van der Waals surface area contributed by atoms with E-state index in [0.29, 0.717) is 19.3 Å². The molecule has 0 saturated heterocycles. The maximum Gasteiger partial charge on any atom is 0.306 e. The average molecular weight is 1110 g/mol. The van der Waals surface area contributed by atoms with Crippen LogP contribution in [-0.4, -0.2) is 37.2 Å². The van der Waals surface area contributed by atoms with Crippen LogP contribution in [0.3, 0.4) is 0 Å². The first-order valence-corrected chi connectivity index (χ1v) is 34.8. The zero-order valence-corrected chi connectivity index (χ0v) is 52.9. The predicted molar refractivity (Wildman–Crippen MR) is 344 cm³/mol. The van der Waals surface area contributed by atoms with Crippen molar-refractivity contribution in [1.29, 1.82) is 0 Å². The van der Waals surface area contributed by atoms with Gasteiger partial charge in [-0.25, -0.2) is 0 Å². The maximum absolute atomic E-state index is 12.9. The van der Waals surface area contributed by atoms with Gasteiger partial charge >= 0.3 is 17.9 Å². The minimum absolute atomic E-state index is 0.0791. The topological polar surface area (TPSA) is 78.9 Å². The number of unbranched alkanes of at least 4 members (excludes halogenated alkanes) is 43. The highest BCUT2D eigenvalue weighted by atomic mass is 16.6. The Kier molecular flexibility index (Phi) is 65.1. The minimum atomic E-state index is -0.785. The summed E-state index contributed by atoms with van der Waals surface area (Å²) in [6, 6.07) is 0. The van der Waals surface area contributed by atoms with Crippen LogP contribution in [0.2, 0.25) is 0 Å². The number of carbonyl (C=O) groups is 3. The van der Waals surface area contributed by atoms with E-state index in [1.165, 1.54) is 238 Å². The fraction of sp³-hybridized carbons (Fsp3) is 0.822. The van der Waals surface area contributed by atoms with E-state index in [0.717, 1.165) is 89.9 Å². The first-order valence-electron chi connectivity index (χ1n) is 34.8. The summed E-state index contributed by atoms with van der Waals surface area (Å²) in [5.74, 6) is -0.881. The van der Waals surface area contributed by atoms with Gasteiger partial charge < -0.3 is 14.2 Å². The summed E-state index contributed by atoms with van der Waals surface area (Å²) < 4.78 is 17.0. The molecule has 0 saturated carbocycles. The molecule has 0 rings (SSSR count). The Hall–Kier alpha value is -2.89. The molecule has 0 aliphatic heterocycles. The van der Waals surface area contributed by atoms with Crippen molar-refractivity contribution in [3.63, 3.8) is 0 Å². The highest BCUT2D eigenvalue weighted by Crippen LogP contribution is 2.17. The van der Waals surface area contributed by atoms with E-state index in [-0.39, 0.29) is 31.1 Å². The smallest absolute Gasteiger partial charge is 0.306 e. The van der Waals surface area contributed by atoms with E-state index in [9.17, 15) is 14.4 Å². The van der Waals surface area contributed by atoms with Crippen molar-refractivity contribution in [2.24, 2.45) is 0 Å². The van der Waals surface area contributed by atoms with Gasteiger partial charge in [0.2, 0.25) is 0 Å². The van der Waals surface area contributed by atoms with Crippen molar-refractivity contribution >= 4 is 17.9 Å². The van der Waals surface area contributed by atoms with E-state index in [4.69, 9.17) is 14.2 Å². The summed E-state index contributed by atoms with van der Waals surface area (Å²) in [5.41, 5.74) is 0. The highest BCUT2D eigenvalue weighted by molar-refractivity contribution is 5.71. The third-order valence-corrected chi connectivity index (χ3v) is 15.5. The van der Waals surface area contributed by atoms with Gasteiger partial charge in [0.1, 0.15) is 13.2 Å². The lowest BCUT2D eigenvalue weighted by Crippen LogP contribution is -2.30. The second kappa shape index (κ2) is 67.6. The number of allylic oxidation sites excluding steroid dienone is 10. The van der Waals surface area contributed by atoms with Gasteiger partial charge in [-0.2, -0.15) is 0 Å². The van der Waals surface area contributed by atoms with Gasteiger partial charge in [0.05, 0.1) is 0 Å². The molecule has 0 bridgehead atoms. The van der Waals surface area contributed by atoms with Crippen LogP contribution in [-0.2, 0) is 28.6 Å². The van der Waals surface area contributed by atoms with Gasteiger partial charge in [-0.05, 0) is 109 Å². The molecule has 0 N–H and O–H groups in total. The fourth-order valence-corrected chi connectivity index (χ4v) is 10.2. The van der Waals surface area contributed by atoms with E-state index >= 15 is 0 Å². The quantitative estimate of drug-likeness (QED) is 0.0261. The predicted octanol–water partition coefficient (Wildman–Crippen LogP) is 23.9. The van der Waals surface area contributed by atoms with Crippen molar-refractivity contribution in [1.82, 2.24) is 0 Å². The summed E-state index contributed by atoms with van der Waals surface area (Å²) in [6.45, 7) is 6.62. The van der Waals surface area contributed by atoms with E-state index < -0.39 is 6.10 Å². The molecule has 0 aliphatic rings. The Labute approximate surface area is 491 Å². The summed E-state index contributed by atoms with van der Waals surface area (Å²) >= 11 is 0. The average Bonchev–Trinajstić information content (AvgIpc) is 3.45. The summed E-state index contributed by atoms with van der Waals surface area (Å²) in [6.07, 6.45) is 86.8. The molecule has 1 unspecified atom stereocenters. The molecule has 6 heteroatoms. The molecule has 6 nitrogen and oxygen atoms in total. The molecule has 79 heavy (non-hydrogen) atoms. The number of esters is 3. The molecule has 0 aromatic rings. The standard InChI is InChI=1S/C73H132O6/c1-4-7-10-13-16-19-22-25-28-30-31-32-33-34-35-36-37-38-39-40-41-43-45-48-51-54-57-60-63-66-72(75)78-69-70(68-77-71(74)65-62-59-56-53-50-47-44-27-24-21-18-15-12-9-6-3)79-73(76)67-64-61-58-55-52-49-46-42-29-26-23-20-17-14-11-8-5-2/h17-18,20-21,26-27,29-31,44,70H,4-16,19,22-25,28,32-43,45-69H2,1-3H3/b20-17-,21-18-,29-26-,31-30-,44-27-. The number of carbonyl (C=O) groups excluding carboxylic acids is 3. The second-order valence-electron chi connectivity index (χ2n) is 23.4. The fourth-order valence-electron chi connectivity index (χ4n) is 10.2. The van der Waals surface area contributed by atoms with Crippen LogP contribution in [0.5, 0.6) is 0 Å². The maximum atomic E-state index is 12.9. The van der Waals surface area contributed by atoms with Crippen LogP contribution in [0.25, 0.3) is 0 Å². The molecule has 460 valence electrons. The molecule has 0 fully saturated rings. The third kappa shape index (κ3) is 65.8. The van der Waals surface area contributed by atoms with E-state index in [1.54, 1.807) is 0 Å². The lowest BCUT2D eigenvalue weighted by Gasteiger charge is -2.18. The van der Waals surface area contributed by atoms with E-state index in [2.05, 4.69) is 81.5 Å².